The zero-order valence-corrected chi connectivity index (χ0v) is 9.15. The van der Waals surface area contributed by atoms with Crippen molar-refractivity contribution in [3.8, 4) is 0 Å². The second-order valence-electron chi connectivity index (χ2n) is 3.24. The predicted octanol–water partition coefficient (Wildman–Crippen LogP) is 3.62. The molecular formula is C13H22O. The average Bonchev–Trinajstić information content (AvgIpc) is 2.21. The van der Waals surface area contributed by atoms with Crippen LogP contribution >= 0.6 is 0 Å². The van der Waals surface area contributed by atoms with Crippen LogP contribution in [0.2, 0.25) is 0 Å². The lowest BCUT2D eigenvalue weighted by Gasteiger charge is -1.90. The minimum Gasteiger partial charge on any atom is -0.392 e. The van der Waals surface area contributed by atoms with E-state index < -0.39 is 0 Å². The van der Waals surface area contributed by atoms with Crippen molar-refractivity contribution in [1.82, 2.24) is 0 Å². The Morgan fingerprint density at radius 1 is 0.929 bits per heavy atom. The Labute approximate surface area is 87.8 Å². The smallest absolute Gasteiger partial charge is 0.0615 e. The van der Waals surface area contributed by atoms with Crippen LogP contribution in [0.4, 0.5) is 0 Å². The van der Waals surface area contributed by atoms with Crippen molar-refractivity contribution in [1.29, 1.82) is 0 Å². The molecule has 0 saturated carbocycles. The molecule has 0 radical (unpaired) electrons. The van der Waals surface area contributed by atoms with Gasteiger partial charge in [-0.2, -0.15) is 0 Å². The van der Waals surface area contributed by atoms with Crippen LogP contribution in [0, 0.1) is 0 Å². The lowest BCUT2D eigenvalue weighted by Crippen LogP contribution is -1.70. The number of aliphatic hydroxyl groups excluding tert-OH is 1. The zero-order chi connectivity index (χ0) is 10.5. The predicted molar refractivity (Wildman–Crippen MR) is 63.3 cm³/mol. The first-order chi connectivity index (χ1) is 6.91. The van der Waals surface area contributed by atoms with E-state index in [9.17, 15) is 0 Å². The van der Waals surface area contributed by atoms with Gasteiger partial charge in [-0.25, -0.2) is 0 Å². The molecule has 0 heterocycles. The fourth-order valence-corrected chi connectivity index (χ4v) is 1.10. The number of allylic oxidation sites excluding steroid dienone is 5. The van der Waals surface area contributed by atoms with Crippen LogP contribution in [-0.4, -0.2) is 11.7 Å². The van der Waals surface area contributed by atoms with Gasteiger partial charge in [0.2, 0.25) is 0 Å². The third-order valence-corrected chi connectivity index (χ3v) is 1.90. The summed E-state index contributed by atoms with van der Waals surface area (Å²) < 4.78 is 0. The second-order valence-corrected chi connectivity index (χ2v) is 3.24. The van der Waals surface area contributed by atoms with Crippen molar-refractivity contribution in [3.05, 3.63) is 36.5 Å². The maximum Gasteiger partial charge on any atom is 0.0615 e. The van der Waals surface area contributed by atoms with Crippen molar-refractivity contribution in [3.63, 3.8) is 0 Å². The van der Waals surface area contributed by atoms with Crippen LogP contribution in [0.5, 0.6) is 0 Å². The first-order valence-corrected chi connectivity index (χ1v) is 5.49. The van der Waals surface area contributed by atoms with Gasteiger partial charge in [0.15, 0.2) is 0 Å². The molecular weight excluding hydrogens is 172 g/mol. The van der Waals surface area contributed by atoms with Crippen molar-refractivity contribution in [2.75, 3.05) is 6.61 Å². The monoisotopic (exact) mass is 194 g/mol. The van der Waals surface area contributed by atoms with Gasteiger partial charge in [0.1, 0.15) is 0 Å². The topological polar surface area (TPSA) is 20.2 Å². The highest BCUT2D eigenvalue weighted by atomic mass is 16.2. The maximum absolute atomic E-state index is 8.45. The van der Waals surface area contributed by atoms with E-state index in [1.165, 1.54) is 25.7 Å². The van der Waals surface area contributed by atoms with Crippen LogP contribution < -0.4 is 0 Å². The second kappa shape index (κ2) is 12.2. The van der Waals surface area contributed by atoms with Crippen LogP contribution in [0.15, 0.2) is 36.5 Å². The minimum absolute atomic E-state index is 0.122. The Bertz CT molecular complexity index is 178. The summed E-state index contributed by atoms with van der Waals surface area (Å²) in [6.45, 7) is 2.34. The Balaban J connectivity index is 3.25. The molecule has 1 heteroatoms. The van der Waals surface area contributed by atoms with Gasteiger partial charge in [0, 0.05) is 0 Å². The summed E-state index contributed by atoms with van der Waals surface area (Å²) in [7, 11) is 0. The van der Waals surface area contributed by atoms with Crippen LogP contribution in [0.1, 0.15) is 39.0 Å². The zero-order valence-electron chi connectivity index (χ0n) is 9.15. The summed E-state index contributed by atoms with van der Waals surface area (Å²) >= 11 is 0. The molecule has 0 rings (SSSR count). The molecule has 0 aromatic heterocycles. The van der Waals surface area contributed by atoms with E-state index in [4.69, 9.17) is 5.11 Å². The van der Waals surface area contributed by atoms with Gasteiger partial charge in [-0.15, -0.1) is 0 Å². The number of rotatable bonds is 8. The Morgan fingerprint density at radius 2 is 1.71 bits per heavy atom. The van der Waals surface area contributed by atoms with Gasteiger partial charge in [0.05, 0.1) is 6.61 Å². The molecule has 80 valence electrons. The van der Waals surface area contributed by atoms with E-state index in [1.807, 2.05) is 12.2 Å². The molecule has 0 saturated heterocycles. The number of aliphatic hydroxyl groups is 1. The highest BCUT2D eigenvalue weighted by Crippen LogP contribution is 2.00. The van der Waals surface area contributed by atoms with E-state index in [1.54, 1.807) is 6.08 Å². The lowest BCUT2D eigenvalue weighted by molar-refractivity contribution is 0.343. The molecule has 0 aliphatic carbocycles. The molecule has 0 fully saturated rings. The molecule has 0 aromatic carbocycles. The molecule has 14 heavy (non-hydrogen) atoms. The molecule has 0 spiro atoms. The normalized spacial score (nSPS) is 12.4. The Kier molecular flexibility index (Phi) is 11.5. The van der Waals surface area contributed by atoms with Gasteiger partial charge >= 0.3 is 0 Å². The summed E-state index contributed by atoms with van der Waals surface area (Å²) in [6, 6.07) is 0. The Hall–Kier alpha value is -0.820. The van der Waals surface area contributed by atoms with Gasteiger partial charge in [-0.1, -0.05) is 56.2 Å². The molecule has 1 nitrogen and oxygen atoms in total. The fraction of sp³-hybridized carbons (Fsp3) is 0.538. The Morgan fingerprint density at radius 3 is 2.43 bits per heavy atom. The third-order valence-electron chi connectivity index (χ3n) is 1.90. The maximum atomic E-state index is 8.45. The standard InChI is InChI=1S/C13H22O/c1-2-3-4-5-6-7-8-9-10-11-12-13-14/h6-7,9-12,14H,2-5,8,13H2,1H3. The third kappa shape index (κ3) is 11.2. The van der Waals surface area contributed by atoms with Gasteiger partial charge < -0.3 is 5.11 Å². The first-order valence-electron chi connectivity index (χ1n) is 5.49. The van der Waals surface area contributed by atoms with Crippen molar-refractivity contribution >= 4 is 0 Å². The highest BCUT2D eigenvalue weighted by Gasteiger charge is 1.80. The lowest BCUT2D eigenvalue weighted by atomic mass is 10.2. The highest BCUT2D eigenvalue weighted by molar-refractivity contribution is 5.04. The minimum atomic E-state index is 0.122. The van der Waals surface area contributed by atoms with Crippen molar-refractivity contribution < 1.29 is 5.11 Å². The number of unbranched alkanes of at least 4 members (excludes halogenated alkanes) is 3. The molecule has 0 bridgehead atoms. The van der Waals surface area contributed by atoms with E-state index >= 15 is 0 Å². The summed E-state index contributed by atoms with van der Waals surface area (Å²) in [5.41, 5.74) is 0. The summed E-state index contributed by atoms with van der Waals surface area (Å²) in [5, 5.41) is 8.45. The molecule has 0 aliphatic rings. The molecule has 0 unspecified atom stereocenters. The number of hydrogen-bond acceptors (Lipinski definition) is 1. The van der Waals surface area contributed by atoms with Gasteiger partial charge in [0.25, 0.3) is 0 Å². The van der Waals surface area contributed by atoms with Gasteiger partial charge in [-0.3, -0.25) is 0 Å². The van der Waals surface area contributed by atoms with E-state index in [0.717, 1.165) is 6.42 Å². The van der Waals surface area contributed by atoms with Crippen molar-refractivity contribution in [2.24, 2.45) is 0 Å². The average molecular weight is 194 g/mol. The first kappa shape index (κ1) is 13.2. The molecule has 0 atom stereocenters. The summed E-state index contributed by atoms with van der Waals surface area (Å²) in [6.07, 6.45) is 18.2. The van der Waals surface area contributed by atoms with E-state index in [2.05, 4.69) is 25.2 Å². The SMILES string of the molecule is CCCCCC=CCC=CC=CCO. The van der Waals surface area contributed by atoms with Crippen LogP contribution in [0.3, 0.4) is 0 Å². The van der Waals surface area contributed by atoms with Gasteiger partial charge in [-0.05, 0) is 19.3 Å². The van der Waals surface area contributed by atoms with Crippen molar-refractivity contribution in [2.45, 2.75) is 39.0 Å². The molecule has 0 aromatic rings. The molecule has 1 N–H and O–H groups in total. The fourth-order valence-electron chi connectivity index (χ4n) is 1.10. The molecule has 0 aliphatic heterocycles. The largest absolute Gasteiger partial charge is 0.392 e. The van der Waals surface area contributed by atoms with E-state index in [-0.39, 0.29) is 6.61 Å². The quantitative estimate of drug-likeness (QED) is 0.355. The van der Waals surface area contributed by atoms with Crippen LogP contribution in [-0.2, 0) is 0 Å². The summed E-state index contributed by atoms with van der Waals surface area (Å²) in [5.74, 6) is 0. The van der Waals surface area contributed by atoms with E-state index in [0.29, 0.717) is 0 Å². The number of hydrogen-bond donors (Lipinski definition) is 1. The molecule has 0 amide bonds. The summed E-state index contributed by atoms with van der Waals surface area (Å²) in [4.78, 5) is 0. The van der Waals surface area contributed by atoms with Crippen LogP contribution in [0.25, 0.3) is 0 Å².